The zero-order valence-electron chi connectivity index (χ0n) is 8.48. The van der Waals surface area contributed by atoms with Gasteiger partial charge < -0.3 is 4.74 Å². The maximum Gasteiger partial charge on any atom is 0.302 e. The zero-order chi connectivity index (χ0) is 9.71. The topological polar surface area (TPSA) is 26.3 Å². The van der Waals surface area contributed by atoms with E-state index in [-0.39, 0.29) is 12.1 Å². The molecule has 76 valence electrons. The number of fused-ring (bicyclic) bond motifs is 5. The van der Waals surface area contributed by atoms with Gasteiger partial charge in [0.25, 0.3) is 0 Å². The summed E-state index contributed by atoms with van der Waals surface area (Å²) in [6, 6.07) is 0. The molecule has 0 aromatic rings. The molecule has 0 spiro atoms. The van der Waals surface area contributed by atoms with Crippen LogP contribution in [-0.4, -0.2) is 12.1 Å². The van der Waals surface area contributed by atoms with Gasteiger partial charge in [-0.2, -0.15) is 0 Å². The van der Waals surface area contributed by atoms with Crippen molar-refractivity contribution < 1.29 is 9.53 Å². The van der Waals surface area contributed by atoms with Crippen LogP contribution in [0.25, 0.3) is 0 Å². The van der Waals surface area contributed by atoms with Crippen molar-refractivity contribution in [2.75, 3.05) is 0 Å². The highest BCUT2D eigenvalue weighted by Gasteiger charge is 2.52. The molecule has 0 radical (unpaired) electrons. The van der Waals surface area contributed by atoms with Crippen LogP contribution in [-0.2, 0) is 9.53 Å². The van der Waals surface area contributed by atoms with Crippen molar-refractivity contribution in [3.8, 4) is 0 Å². The van der Waals surface area contributed by atoms with Crippen LogP contribution < -0.4 is 0 Å². The number of hydrogen-bond donors (Lipinski definition) is 0. The van der Waals surface area contributed by atoms with E-state index in [1.54, 1.807) is 0 Å². The summed E-state index contributed by atoms with van der Waals surface area (Å²) in [7, 11) is 0. The van der Waals surface area contributed by atoms with Crippen molar-refractivity contribution in [3.63, 3.8) is 0 Å². The maximum atomic E-state index is 11.0. The van der Waals surface area contributed by atoms with Crippen molar-refractivity contribution in [3.05, 3.63) is 12.2 Å². The number of carbonyl (C=O) groups is 1. The SMILES string of the molecule is CC(=O)O[C@@H]1CC[C@@H]2[C@H]1[C@H]1C=C[C@H]2C1. The van der Waals surface area contributed by atoms with E-state index in [1.165, 1.54) is 19.8 Å². The first kappa shape index (κ1) is 8.51. The van der Waals surface area contributed by atoms with Gasteiger partial charge in [0.1, 0.15) is 6.10 Å². The minimum absolute atomic E-state index is 0.109. The van der Waals surface area contributed by atoms with Crippen molar-refractivity contribution in [1.82, 2.24) is 0 Å². The molecule has 5 atom stereocenters. The fraction of sp³-hybridized carbons (Fsp3) is 0.750. The fourth-order valence-electron chi connectivity index (χ4n) is 3.82. The first-order valence-corrected chi connectivity index (χ1v) is 5.61. The molecule has 3 aliphatic rings. The summed E-state index contributed by atoms with van der Waals surface area (Å²) in [4.78, 5) is 11.0. The molecule has 2 nitrogen and oxygen atoms in total. The Morgan fingerprint density at radius 2 is 2.07 bits per heavy atom. The second kappa shape index (κ2) is 2.85. The van der Waals surface area contributed by atoms with Crippen LogP contribution >= 0.6 is 0 Å². The third-order valence-corrected chi connectivity index (χ3v) is 4.22. The van der Waals surface area contributed by atoms with Gasteiger partial charge in [-0.3, -0.25) is 4.79 Å². The lowest BCUT2D eigenvalue weighted by Gasteiger charge is -2.25. The van der Waals surface area contributed by atoms with Crippen molar-refractivity contribution in [2.24, 2.45) is 23.7 Å². The van der Waals surface area contributed by atoms with E-state index in [2.05, 4.69) is 12.2 Å². The van der Waals surface area contributed by atoms with Crippen LogP contribution in [0.15, 0.2) is 12.2 Å². The summed E-state index contributed by atoms with van der Waals surface area (Å²) in [6.07, 6.45) is 8.60. The molecule has 3 rings (SSSR count). The molecule has 2 saturated carbocycles. The quantitative estimate of drug-likeness (QED) is 0.470. The smallest absolute Gasteiger partial charge is 0.302 e. The van der Waals surface area contributed by atoms with Gasteiger partial charge in [-0.05, 0) is 37.0 Å². The second-order valence-corrected chi connectivity index (χ2v) is 4.91. The number of ether oxygens (including phenoxy) is 1. The van der Waals surface area contributed by atoms with Gasteiger partial charge in [-0.1, -0.05) is 12.2 Å². The molecule has 3 aliphatic carbocycles. The molecule has 14 heavy (non-hydrogen) atoms. The van der Waals surface area contributed by atoms with Crippen LogP contribution in [0.2, 0.25) is 0 Å². The summed E-state index contributed by atoms with van der Waals surface area (Å²) in [5, 5.41) is 0. The van der Waals surface area contributed by atoms with Gasteiger partial charge in [-0.15, -0.1) is 0 Å². The molecule has 2 bridgehead atoms. The molecule has 2 heteroatoms. The predicted octanol–water partition coefficient (Wildman–Crippen LogP) is 2.15. The molecule has 0 aliphatic heterocycles. The van der Waals surface area contributed by atoms with E-state index >= 15 is 0 Å². The van der Waals surface area contributed by atoms with E-state index in [9.17, 15) is 4.79 Å². The number of esters is 1. The largest absolute Gasteiger partial charge is 0.462 e. The molecular formula is C12H16O2. The van der Waals surface area contributed by atoms with Crippen molar-refractivity contribution in [1.29, 1.82) is 0 Å². The van der Waals surface area contributed by atoms with Gasteiger partial charge >= 0.3 is 5.97 Å². The Kier molecular flexibility index (Phi) is 1.73. The normalized spacial score (nSPS) is 48.2. The lowest BCUT2D eigenvalue weighted by Crippen LogP contribution is -2.27. The number of rotatable bonds is 1. The van der Waals surface area contributed by atoms with Gasteiger partial charge in [0.15, 0.2) is 0 Å². The average molecular weight is 192 g/mol. The van der Waals surface area contributed by atoms with Gasteiger partial charge in [0.2, 0.25) is 0 Å². The minimum Gasteiger partial charge on any atom is -0.462 e. The highest BCUT2D eigenvalue weighted by atomic mass is 16.5. The average Bonchev–Trinajstić information content (AvgIpc) is 2.74. The Hall–Kier alpha value is -0.790. The van der Waals surface area contributed by atoms with Crippen LogP contribution in [0.1, 0.15) is 26.2 Å². The summed E-state index contributed by atoms with van der Waals surface area (Å²) in [5.74, 6) is 2.85. The van der Waals surface area contributed by atoms with E-state index in [1.807, 2.05) is 0 Å². The Labute approximate surface area is 84.3 Å². The Bertz CT molecular complexity index is 295. The maximum absolute atomic E-state index is 11.0. The monoisotopic (exact) mass is 192 g/mol. The lowest BCUT2D eigenvalue weighted by molar-refractivity contribution is -0.148. The van der Waals surface area contributed by atoms with E-state index in [4.69, 9.17) is 4.74 Å². The van der Waals surface area contributed by atoms with Crippen LogP contribution in [0, 0.1) is 23.7 Å². The second-order valence-electron chi connectivity index (χ2n) is 4.91. The summed E-state index contributed by atoms with van der Waals surface area (Å²) in [5.41, 5.74) is 0. The van der Waals surface area contributed by atoms with Gasteiger partial charge in [0, 0.05) is 12.8 Å². The molecule has 0 saturated heterocycles. The molecule has 0 aromatic carbocycles. The number of hydrogen-bond acceptors (Lipinski definition) is 2. The van der Waals surface area contributed by atoms with E-state index in [0.29, 0.717) is 11.8 Å². The first-order valence-electron chi connectivity index (χ1n) is 5.61. The first-order chi connectivity index (χ1) is 6.75. The van der Waals surface area contributed by atoms with E-state index < -0.39 is 0 Å². The van der Waals surface area contributed by atoms with Crippen molar-refractivity contribution in [2.45, 2.75) is 32.3 Å². The standard InChI is InChI=1S/C12H16O2/c1-7(13)14-11-5-4-10-8-2-3-9(6-8)12(10)11/h2-3,8-12H,4-6H2,1H3/t8-,9-,10-,11+,12+/m0/s1. The van der Waals surface area contributed by atoms with Gasteiger partial charge in [-0.25, -0.2) is 0 Å². The molecule has 0 unspecified atom stereocenters. The highest BCUT2D eigenvalue weighted by molar-refractivity contribution is 5.66. The number of carbonyl (C=O) groups excluding carboxylic acids is 1. The van der Waals surface area contributed by atoms with Crippen LogP contribution in [0.3, 0.4) is 0 Å². The summed E-state index contributed by atoms with van der Waals surface area (Å²) >= 11 is 0. The fourth-order valence-corrected chi connectivity index (χ4v) is 3.82. The highest BCUT2D eigenvalue weighted by Crippen LogP contribution is 2.56. The summed E-state index contributed by atoms with van der Waals surface area (Å²) in [6.45, 7) is 1.52. The molecule has 0 aromatic heterocycles. The molecular weight excluding hydrogens is 176 g/mol. The summed E-state index contributed by atoms with van der Waals surface area (Å²) < 4.78 is 5.40. The predicted molar refractivity (Wildman–Crippen MR) is 52.5 cm³/mol. The van der Waals surface area contributed by atoms with Gasteiger partial charge in [0.05, 0.1) is 0 Å². The Morgan fingerprint density at radius 3 is 2.86 bits per heavy atom. The molecule has 0 heterocycles. The van der Waals surface area contributed by atoms with E-state index in [0.717, 1.165) is 18.3 Å². The van der Waals surface area contributed by atoms with Crippen molar-refractivity contribution >= 4 is 5.97 Å². The Balaban J connectivity index is 1.79. The number of allylic oxidation sites excluding steroid dienone is 2. The minimum atomic E-state index is -0.109. The van der Waals surface area contributed by atoms with Crippen LogP contribution in [0.4, 0.5) is 0 Å². The zero-order valence-corrected chi connectivity index (χ0v) is 8.48. The molecule has 0 N–H and O–H groups in total. The lowest BCUT2D eigenvalue weighted by atomic mass is 9.85. The van der Waals surface area contributed by atoms with Crippen LogP contribution in [0.5, 0.6) is 0 Å². The third-order valence-electron chi connectivity index (χ3n) is 4.22. The molecule has 2 fully saturated rings. The third kappa shape index (κ3) is 1.06. The Morgan fingerprint density at radius 1 is 1.29 bits per heavy atom. The molecule has 0 amide bonds.